The predicted octanol–water partition coefficient (Wildman–Crippen LogP) is 1.92. The Balaban J connectivity index is 2.15. The molecule has 0 bridgehead atoms. The van der Waals surface area contributed by atoms with E-state index in [0.29, 0.717) is 25.8 Å². The highest BCUT2D eigenvalue weighted by atomic mass is 16.5. The summed E-state index contributed by atoms with van der Waals surface area (Å²) in [5.74, 6) is 2.70. The third-order valence-electron chi connectivity index (χ3n) is 3.27. The van der Waals surface area contributed by atoms with E-state index in [0.717, 1.165) is 22.6 Å². The molecule has 22 heavy (non-hydrogen) atoms. The average Bonchev–Trinajstić information content (AvgIpc) is 2.55. The van der Waals surface area contributed by atoms with Gasteiger partial charge in [-0.1, -0.05) is 0 Å². The number of hydrogen-bond donors (Lipinski definition) is 2. The van der Waals surface area contributed by atoms with Crippen LogP contribution in [-0.4, -0.2) is 31.9 Å². The standard InChI is InChI=1S/C15H18BN2O4/c1-10-13(22-16-19)6-7-17-15(10)18-9-11-4-5-12(20-2)8-14(11)21-3/h4-8,19H,9H2,1-3H3,(H,17,18). The van der Waals surface area contributed by atoms with Crippen molar-refractivity contribution in [3.8, 4) is 17.2 Å². The minimum atomic E-state index is 0.535. The van der Waals surface area contributed by atoms with E-state index in [1.807, 2.05) is 25.1 Å². The van der Waals surface area contributed by atoms with Gasteiger partial charge in [-0.15, -0.1) is 0 Å². The number of nitrogens with one attached hydrogen (secondary N) is 1. The molecule has 2 aromatic rings. The van der Waals surface area contributed by atoms with E-state index in [4.69, 9.17) is 19.2 Å². The SMILES string of the molecule is COc1ccc(CNc2nccc(O[B]O)c2C)c(OC)c1. The molecule has 6 nitrogen and oxygen atoms in total. The largest absolute Gasteiger partial charge is 0.569 e. The molecule has 0 amide bonds. The number of anilines is 1. The van der Waals surface area contributed by atoms with E-state index in [-0.39, 0.29) is 0 Å². The van der Waals surface area contributed by atoms with Gasteiger partial charge in [-0.2, -0.15) is 0 Å². The summed E-state index contributed by atoms with van der Waals surface area (Å²) < 4.78 is 15.6. The summed E-state index contributed by atoms with van der Waals surface area (Å²) in [4.78, 5) is 4.27. The topological polar surface area (TPSA) is 72.8 Å². The van der Waals surface area contributed by atoms with Crippen LogP contribution in [0.1, 0.15) is 11.1 Å². The maximum atomic E-state index is 8.74. The van der Waals surface area contributed by atoms with Crippen molar-refractivity contribution in [2.75, 3.05) is 19.5 Å². The van der Waals surface area contributed by atoms with Crippen molar-refractivity contribution in [2.24, 2.45) is 0 Å². The van der Waals surface area contributed by atoms with Gasteiger partial charge in [0.05, 0.1) is 14.2 Å². The molecule has 0 saturated heterocycles. The molecule has 1 radical (unpaired) electrons. The van der Waals surface area contributed by atoms with Gasteiger partial charge in [-0.3, -0.25) is 0 Å². The lowest BCUT2D eigenvalue weighted by molar-refractivity contribution is 0.391. The fourth-order valence-electron chi connectivity index (χ4n) is 2.06. The molecule has 1 aromatic carbocycles. The van der Waals surface area contributed by atoms with Crippen molar-refractivity contribution in [3.05, 3.63) is 41.6 Å². The zero-order valence-corrected chi connectivity index (χ0v) is 12.8. The van der Waals surface area contributed by atoms with Crippen LogP contribution in [0.2, 0.25) is 0 Å². The lowest BCUT2D eigenvalue weighted by Gasteiger charge is -2.14. The molecule has 0 unspecified atom stereocenters. The Morgan fingerprint density at radius 2 is 2.00 bits per heavy atom. The maximum absolute atomic E-state index is 8.74. The van der Waals surface area contributed by atoms with Gasteiger partial charge in [0.2, 0.25) is 0 Å². The van der Waals surface area contributed by atoms with Crippen molar-refractivity contribution in [3.63, 3.8) is 0 Å². The summed E-state index contributed by atoms with van der Waals surface area (Å²) in [6.07, 6.45) is 1.61. The van der Waals surface area contributed by atoms with Crippen LogP contribution in [0.5, 0.6) is 17.2 Å². The molecule has 1 aromatic heterocycles. The number of nitrogens with zero attached hydrogens (tertiary/aromatic N) is 1. The lowest BCUT2D eigenvalue weighted by Crippen LogP contribution is -2.07. The number of methoxy groups -OCH3 is 2. The van der Waals surface area contributed by atoms with Crippen LogP contribution in [0, 0.1) is 6.92 Å². The molecule has 7 heteroatoms. The third-order valence-corrected chi connectivity index (χ3v) is 3.27. The number of ether oxygens (including phenoxy) is 2. The van der Waals surface area contributed by atoms with Gasteiger partial charge in [0, 0.05) is 29.9 Å². The summed E-state index contributed by atoms with van der Waals surface area (Å²) in [6, 6.07) is 7.32. The monoisotopic (exact) mass is 301 g/mol. The van der Waals surface area contributed by atoms with Gasteiger partial charge < -0.3 is 24.5 Å². The second-order valence-electron chi connectivity index (χ2n) is 4.54. The van der Waals surface area contributed by atoms with Gasteiger partial charge in [-0.05, 0) is 25.1 Å². The quantitative estimate of drug-likeness (QED) is 0.761. The highest BCUT2D eigenvalue weighted by Gasteiger charge is 2.09. The number of aromatic nitrogens is 1. The van der Waals surface area contributed by atoms with E-state index < -0.39 is 0 Å². The van der Waals surface area contributed by atoms with Crippen LogP contribution in [0.15, 0.2) is 30.5 Å². The van der Waals surface area contributed by atoms with E-state index in [1.165, 1.54) is 0 Å². The first-order valence-electron chi connectivity index (χ1n) is 6.72. The first kappa shape index (κ1) is 16.0. The van der Waals surface area contributed by atoms with Gasteiger partial charge >= 0.3 is 7.69 Å². The highest BCUT2D eigenvalue weighted by molar-refractivity contribution is 6.17. The molecule has 0 aliphatic rings. The summed E-state index contributed by atoms with van der Waals surface area (Å²) >= 11 is 0. The Kier molecular flexibility index (Phi) is 5.49. The van der Waals surface area contributed by atoms with Gasteiger partial charge in [0.1, 0.15) is 23.1 Å². The molecule has 0 aliphatic carbocycles. The van der Waals surface area contributed by atoms with E-state index in [9.17, 15) is 0 Å². The van der Waals surface area contributed by atoms with Crippen LogP contribution >= 0.6 is 0 Å². The van der Waals surface area contributed by atoms with Crippen molar-refractivity contribution < 1.29 is 19.2 Å². The molecule has 0 fully saturated rings. The average molecular weight is 301 g/mol. The van der Waals surface area contributed by atoms with Crippen LogP contribution in [-0.2, 0) is 6.54 Å². The Morgan fingerprint density at radius 1 is 1.18 bits per heavy atom. The third kappa shape index (κ3) is 3.62. The fourth-order valence-corrected chi connectivity index (χ4v) is 2.06. The molecule has 2 rings (SSSR count). The van der Waals surface area contributed by atoms with E-state index >= 15 is 0 Å². The molecule has 0 saturated carbocycles. The van der Waals surface area contributed by atoms with Crippen molar-refractivity contribution in [1.82, 2.24) is 4.98 Å². The van der Waals surface area contributed by atoms with Crippen LogP contribution < -0.4 is 19.4 Å². The Hall–Kier alpha value is -2.41. The number of pyridine rings is 1. The van der Waals surface area contributed by atoms with Gasteiger partial charge in [-0.25, -0.2) is 4.98 Å². The fraction of sp³-hybridized carbons (Fsp3) is 0.267. The summed E-state index contributed by atoms with van der Waals surface area (Å²) in [7, 11) is 3.88. The van der Waals surface area contributed by atoms with Crippen molar-refractivity contribution in [2.45, 2.75) is 13.5 Å². The van der Waals surface area contributed by atoms with E-state index in [1.54, 1.807) is 26.5 Å². The summed E-state index contributed by atoms with van der Waals surface area (Å²) in [5.41, 5.74) is 1.78. The minimum absolute atomic E-state index is 0.535. The van der Waals surface area contributed by atoms with E-state index in [2.05, 4.69) is 10.3 Å². The molecule has 115 valence electrons. The Bertz CT molecular complexity index is 637. The maximum Gasteiger partial charge on any atom is 0.569 e. The lowest BCUT2D eigenvalue weighted by atomic mass is 10.1. The molecule has 0 atom stereocenters. The van der Waals surface area contributed by atoms with Crippen LogP contribution in [0.3, 0.4) is 0 Å². The van der Waals surface area contributed by atoms with Crippen LogP contribution in [0.25, 0.3) is 0 Å². The van der Waals surface area contributed by atoms with Gasteiger partial charge in [0.25, 0.3) is 0 Å². The number of rotatable bonds is 7. The minimum Gasteiger partial charge on any atom is -0.537 e. The van der Waals surface area contributed by atoms with Crippen LogP contribution in [0.4, 0.5) is 5.82 Å². The molecule has 0 aliphatic heterocycles. The van der Waals surface area contributed by atoms with Crippen molar-refractivity contribution >= 4 is 13.5 Å². The molecule has 2 N–H and O–H groups in total. The molecule has 1 heterocycles. The Labute approximate surface area is 130 Å². The zero-order valence-electron chi connectivity index (χ0n) is 12.8. The summed E-state index contributed by atoms with van der Waals surface area (Å²) in [5, 5.41) is 12.0. The molecular formula is C15H18BN2O4. The number of benzene rings is 1. The Morgan fingerprint density at radius 3 is 2.68 bits per heavy atom. The zero-order chi connectivity index (χ0) is 15.9. The van der Waals surface area contributed by atoms with Gasteiger partial charge in [0.15, 0.2) is 0 Å². The highest BCUT2D eigenvalue weighted by Crippen LogP contribution is 2.27. The first-order chi connectivity index (χ1) is 10.7. The first-order valence-corrected chi connectivity index (χ1v) is 6.72. The normalized spacial score (nSPS) is 10.0. The smallest absolute Gasteiger partial charge is 0.537 e. The second kappa shape index (κ2) is 7.56. The summed E-state index contributed by atoms with van der Waals surface area (Å²) in [6.45, 7) is 2.40. The predicted molar refractivity (Wildman–Crippen MR) is 84.4 cm³/mol. The molecular weight excluding hydrogens is 283 g/mol. The molecule has 0 spiro atoms. The second-order valence-corrected chi connectivity index (χ2v) is 4.54. The number of hydrogen-bond acceptors (Lipinski definition) is 6. The van der Waals surface area contributed by atoms with Crippen molar-refractivity contribution in [1.29, 1.82) is 0 Å².